The van der Waals surface area contributed by atoms with Crippen molar-refractivity contribution in [3.63, 3.8) is 0 Å². The van der Waals surface area contributed by atoms with Gasteiger partial charge in [-0.25, -0.2) is 0 Å². The van der Waals surface area contributed by atoms with Crippen LogP contribution in [-0.2, 0) is 9.53 Å². The molecule has 0 fully saturated rings. The van der Waals surface area contributed by atoms with Crippen molar-refractivity contribution in [3.05, 3.63) is 54.1 Å². The summed E-state index contributed by atoms with van der Waals surface area (Å²) in [5.41, 5.74) is 1.91. The second-order valence-corrected chi connectivity index (χ2v) is 6.31. The first-order chi connectivity index (χ1) is 14.1. The smallest absolute Gasteiger partial charge is 0.251 e. The molecule has 0 heterocycles. The zero-order chi connectivity index (χ0) is 20.9. The summed E-state index contributed by atoms with van der Waals surface area (Å²) in [6.07, 6.45) is 0.869. The predicted octanol–water partition coefficient (Wildman–Crippen LogP) is 3.29. The van der Waals surface area contributed by atoms with Gasteiger partial charge in [0.1, 0.15) is 12.4 Å². The fourth-order valence-electron chi connectivity index (χ4n) is 2.50. The maximum Gasteiger partial charge on any atom is 0.251 e. The second kappa shape index (κ2) is 12.4. The molecule has 2 amide bonds. The number of ether oxygens (including phenoxy) is 2. The number of rotatable bonds is 12. The number of amides is 2. The summed E-state index contributed by atoms with van der Waals surface area (Å²) in [4.78, 5) is 24.2. The Kier molecular flexibility index (Phi) is 9.51. The molecular formula is C22H29N3O4. The monoisotopic (exact) mass is 399 g/mol. The Morgan fingerprint density at radius 3 is 2.48 bits per heavy atom. The third-order valence-electron chi connectivity index (χ3n) is 3.95. The lowest BCUT2D eigenvalue weighted by Crippen LogP contribution is -2.24. The van der Waals surface area contributed by atoms with Gasteiger partial charge >= 0.3 is 0 Å². The molecule has 0 atom stereocenters. The van der Waals surface area contributed by atoms with Crippen molar-refractivity contribution >= 4 is 23.2 Å². The summed E-state index contributed by atoms with van der Waals surface area (Å²) in [5.74, 6) is 0.399. The number of carbonyl (C=O) groups excluding carboxylic acids is 2. The largest absolute Gasteiger partial charge is 0.491 e. The van der Waals surface area contributed by atoms with Crippen LogP contribution in [0.3, 0.4) is 0 Å². The Hall–Kier alpha value is -3.06. The Bertz CT molecular complexity index is 778. The van der Waals surface area contributed by atoms with Crippen molar-refractivity contribution in [3.8, 4) is 5.75 Å². The molecule has 7 heteroatoms. The zero-order valence-electron chi connectivity index (χ0n) is 17.0. The molecule has 2 aromatic rings. The van der Waals surface area contributed by atoms with Crippen LogP contribution in [0, 0.1) is 0 Å². The van der Waals surface area contributed by atoms with Crippen molar-refractivity contribution in [2.45, 2.75) is 20.3 Å². The van der Waals surface area contributed by atoms with E-state index in [1.54, 1.807) is 24.3 Å². The maximum atomic E-state index is 12.2. The standard InChI is InChI=1S/C22H29N3O4/c1-3-12-23-22(27)17-6-5-7-19(15-17)25-21(26)16-24-18-8-10-20(11-9-18)29-14-13-28-4-2/h5-11,15,24H,3-4,12-14,16H2,1-2H3,(H,23,27)(H,25,26). The highest BCUT2D eigenvalue weighted by Gasteiger charge is 2.07. The third-order valence-corrected chi connectivity index (χ3v) is 3.95. The first-order valence-corrected chi connectivity index (χ1v) is 9.85. The molecule has 29 heavy (non-hydrogen) atoms. The van der Waals surface area contributed by atoms with Crippen molar-refractivity contribution in [2.75, 3.05) is 43.5 Å². The quantitative estimate of drug-likeness (QED) is 0.477. The highest BCUT2D eigenvalue weighted by molar-refractivity contribution is 5.98. The Labute approximate surface area is 171 Å². The van der Waals surface area contributed by atoms with Crippen LogP contribution in [0.15, 0.2) is 48.5 Å². The number of hydrogen-bond acceptors (Lipinski definition) is 5. The van der Waals surface area contributed by atoms with Gasteiger partial charge in [0.25, 0.3) is 5.91 Å². The van der Waals surface area contributed by atoms with Crippen LogP contribution in [0.25, 0.3) is 0 Å². The average Bonchev–Trinajstić information content (AvgIpc) is 2.74. The molecule has 0 aliphatic heterocycles. The molecular weight excluding hydrogens is 370 g/mol. The van der Waals surface area contributed by atoms with Crippen LogP contribution in [0.5, 0.6) is 5.75 Å². The van der Waals surface area contributed by atoms with E-state index in [2.05, 4.69) is 16.0 Å². The predicted molar refractivity (Wildman–Crippen MR) is 115 cm³/mol. The number of nitrogens with one attached hydrogen (secondary N) is 3. The topological polar surface area (TPSA) is 88.7 Å². The van der Waals surface area contributed by atoms with Gasteiger partial charge in [0.2, 0.25) is 5.91 Å². The van der Waals surface area contributed by atoms with Gasteiger partial charge in [0.05, 0.1) is 13.2 Å². The molecule has 3 N–H and O–H groups in total. The number of carbonyl (C=O) groups is 2. The van der Waals surface area contributed by atoms with Crippen molar-refractivity contribution in [2.24, 2.45) is 0 Å². The molecule has 2 rings (SSSR count). The first-order valence-electron chi connectivity index (χ1n) is 9.85. The third kappa shape index (κ3) is 8.23. The summed E-state index contributed by atoms with van der Waals surface area (Å²) in [5, 5.41) is 8.67. The van der Waals surface area contributed by atoms with E-state index in [4.69, 9.17) is 9.47 Å². The van der Waals surface area contributed by atoms with Crippen LogP contribution >= 0.6 is 0 Å². The Morgan fingerprint density at radius 1 is 0.966 bits per heavy atom. The van der Waals surface area contributed by atoms with Gasteiger partial charge < -0.3 is 25.4 Å². The van der Waals surface area contributed by atoms with Crippen molar-refractivity contribution < 1.29 is 19.1 Å². The SMILES string of the molecule is CCCNC(=O)c1cccc(NC(=O)CNc2ccc(OCCOCC)cc2)c1. The van der Waals surface area contributed by atoms with Crippen LogP contribution in [0.1, 0.15) is 30.6 Å². The van der Waals surface area contributed by atoms with Gasteiger partial charge in [-0.3, -0.25) is 9.59 Å². The lowest BCUT2D eigenvalue weighted by atomic mass is 10.2. The first kappa shape index (κ1) is 22.2. The van der Waals surface area contributed by atoms with E-state index in [1.807, 2.05) is 38.1 Å². The minimum atomic E-state index is -0.201. The summed E-state index contributed by atoms with van der Waals surface area (Å²) < 4.78 is 10.8. The highest BCUT2D eigenvalue weighted by Crippen LogP contribution is 2.16. The fourth-order valence-corrected chi connectivity index (χ4v) is 2.50. The molecule has 0 aliphatic rings. The molecule has 0 spiro atoms. The van der Waals surface area contributed by atoms with E-state index in [0.717, 1.165) is 17.9 Å². The maximum absolute atomic E-state index is 12.2. The summed E-state index contributed by atoms with van der Waals surface area (Å²) in [6.45, 7) is 6.39. The highest BCUT2D eigenvalue weighted by atomic mass is 16.5. The molecule has 0 aromatic heterocycles. The minimum absolute atomic E-state index is 0.108. The molecule has 156 valence electrons. The molecule has 0 saturated heterocycles. The van der Waals surface area contributed by atoms with E-state index in [0.29, 0.717) is 37.6 Å². The normalized spacial score (nSPS) is 10.3. The van der Waals surface area contributed by atoms with E-state index >= 15 is 0 Å². The number of benzene rings is 2. The van der Waals surface area contributed by atoms with Gasteiger partial charge in [-0.05, 0) is 55.8 Å². The zero-order valence-corrected chi connectivity index (χ0v) is 17.0. The lowest BCUT2D eigenvalue weighted by Gasteiger charge is -2.10. The van der Waals surface area contributed by atoms with E-state index < -0.39 is 0 Å². The molecule has 7 nitrogen and oxygen atoms in total. The van der Waals surface area contributed by atoms with Crippen LogP contribution in [0.2, 0.25) is 0 Å². The Balaban J connectivity index is 1.79. The summed E-state index contributed by atoms with van der Waals surface area (Å²) >= 11 is 0. The van der Waals surface area contributed by atoms with Crippen LogP contribution in [0.4, 0.5) is 11.4 Å². The Morgan fingerprint density at radius 2 is 1.76 bits per heavy atom. The van der Waals surface area contributed by atoms with Crippen molar-refractivity contribution in [1.29, 1.82) is 0 Å². The summed E-state index contributed by atoms with van der Waals surface area (Å²) in [6, 6.07) is 14.3. The van der Waals surface area contributed by atoms with Crippen LogP contribution in [-0.4, -0.2) is 44.7 Å². The van der Waals surface area contributed by atoms with Gasteiger partial charge in [0, 0.05) is 30.1 Å². The summed E-state index contributed by atoms with van der Waals surface area (Å²) in [7, 11) is 0. The van der Waals surface area contributed by atoms with Gasteiger partial charge in [-0.15, -0.1) is 0 Å². The van der Waals surface area contributed by atoms with Gasteiger partial charge in [0.15, 0.2) is 0 Å². The molecule has 0 aliphatic carbocycles. The van der Waals surface area contributed by atoms with E-state index in [9.17, 15) is 9.59 Å². The van der Waals surface area contributed by atoms with Gasteiger partial charge in [-0.1, -0.05) is 13.0 Å². The van der Waals surface area contributed by atoms with E-state index in [-0.39, 0.29) is 18.4 Å². The molecule has 0 bridgehead atoms. The second-order valence-electron chi connectivity index (χ2n) is 6.31. The van der Waals surface area contributed by atoms with E-state index in [1.165, 1.54) is 0 Å². The number of hydrogen-bond donors (Lipinski definition) is 3. The minimum Gasteiger partial charge on any atom is -0.491 e. The fraction of sp³-hybridized carbons (Fsp3) is 0.364. The molecule has 2 aromatic carbocycles. The molecule has 0 unspecified atom stereocenters. The van der Waals surface area contributed by atoms with Crippen LogP contribution < -0.4 is 20.7 Å². The van der Waals surface area contributed by atoms with Gasteiger partial charge in [-0.2, -0.15) is 0 Å². The molecule has 0 saturated carbocycles. The van der Waals surface area contributed by atoms with Crippen molar-refractivity contribution in [1.82, 2.24) is 5.32 Å². The molecule has 0 radical (unpaired) electrons. The average molecular weight is 399 g/mol. The number of anilines is 2. The lowest BCUT2D eigenvalue weighted by molar-refractivity contribution is -0.114.